The van der Waals surface area contributed by atoms with Gasteiger partial charge in [0.1, 0.15) is 5.69 Å². The van der Waals surface area contributed by atoms with Gasteiger partial charge in [-0.05, 0) is 37.6 Å². The Morgan fingerprint density at radius 1 is 1.41 bits per heavy atom. The van der Waals surface area contributed by atoms with Gasteiger partial charge in [-0.15, -0.1) is 0 Å². The number of likely N-dealkylation sites (N-methyl/N-ethyl adjacent to an activating group) is 1. The van der Waals surface area contributed by atoms with Gasteiger partial charge in [0, 0.05) is 55.8 Å². The van der Waals surface area contributed by atoms with Gasteiger partial charge in [-0.3, -0.25) is 9.59 Å². The van der Waals surface area contributed by atoms with E-state index in [1.807, 2.05) is 36.2 Å². The summed E-state index contributed by atoms with van der Waals surface area (Å²) in [4.78, 5) is 33.4. The lowest BCUT2D eigenvalue weighted by molar-refractivity contribution is -0.127. The van der Waals surface area contributed by atoms with Gasteiger partial charge in [0.15, 0.2) is 0 Å². The Hall–Kier alpha value is -3.13. The van der Waals surface area contributed by atoms with E-state index < -0.39 is 0 Å². The van der Waals surface area contributed by atoms with Gasteiger partial charge in [0.05, 0.1) is 7.11 Å². The molecule has 0 bridgehead atoms. The van der Waals surface area contributed by atoms with Gasteiger partial charge >= 0.3 is 0 Å². The van der Waals surface area contributed by atoms with Crippen LogP contribution in [0.5, 0.6) is 5.88 Å². The fourth-order valence-electron chi connectivity index (χ4n) is 3.36. The normalized spacial score (nSPS) is 16.8. The quantitative estimate of drug-likeness (QED) is 0.614. The number of aromatic nitrogens is 2. The number of hydrogen-bond donors (Lipinski definition) is 3. The minimum atomic E-state index is -0.188. The summed E-state index contributed by atoms with van der Waals surface area (Å²) >= 11 is 0. The van der Waals surface area contributed by atoms with Gasteiger partial charge in [-0.1, -0.05) is 6.08 Å². The van der Waals surface area contributed by atoms with Crippen LogP contribution in [0, 0.1) is 0 Å². The zero-order valence-electron chi connectivity index (χ0n) is 16.8. The third-order valence-electron chi connectivity index (χ3n) is 4.86. The van der Waals surface area contributed by atoms with E-state index >= 15 is 0 Å². The van der Waals surface area contributed by atoms with Crippen LogP contribution in [-0.4, -0.2) is 60.6 Å². The SMILES string of the molecule is CNC/C=C/C(=O)N1CCC[C@@H](Nc2cc(-c3ccnc(OC)c3)c[nH]c2=O)C1. The summed E-state index contributed by atoms with van der Waals surface area (Å²) in [5.74, 6) is 0.509. The maximum absolute atomic E-state index is 12.3. The fraction of sp³-hybridized carbons (Fsp3) is 0.381. The van der Waals surface area contributed by atoms with E-state index in [1.165, 1.54) is 0 Å². The number of nitrogens with one attached hydrogen (secondary N) is 3. The Balaban J connectivity index is 1.72. The summed E-state index contributed by atoms with van der Waals surface area (Å²) < 4.78 is 5.18. The maximum Gasteiger partial charge on any atom is 0.271 e. The lowest BCUT2D eigenvalue weighted by atomic mass is 10.0. The summed E-state index contributed by atoms with van der Waals surface area (Å²) in [6.07, 6.45) is 8.54. The third-order valence-corrected chi connectivity index (χ3v) is 4.86. The smallest absolute Gasteiger partial charge is 0.271 e. The first kappa shape index (κ1) is 20.6. The first-order chi connectivity index (χ1) is 14.1. The summed E-state index contributed by atoms with van der Waals surface area (Å²) in [5, 5.41) is 6.30. The number of anilines is 1. The number of hydrogen-bond acceptors (Lipinski definition) is 6. The number of methoxy groups -OCH3 is 1. The maximum atomic E-state index is 12.3. The number of aromatic amines is 1. The van der Waals surface area contributed by atoms with Crippen LogP contribution in [0.3, 0.4) is 0 Å². The number of piperidine rings is 1. The molecule has 1 amide bonds. The molecule has 1 aliphatic rings. The average Bonchev–Trinajstić information content (AvgIpc) is 2.75. The lowest BCUT2D eigenvalue weighted by Crippen LogP contribution is -2.45. The molecule has 3 heterocycles. The van der Waals surface area contributed by atoms with Crippen LogP contribution < -0.4 is 20.9 Å². The number of ether oxygens (including phenoxy) is 1. The van der Waals surface area contributed by atoms with E-state index in [0.717, 1.165) is 30.5 Å². The second-order valence-electron chi connectivity index (χ2n) is 6.95. The third kappa shape index (κ3) is 5.45. The molecule has 29 heavy (non-hydrogen) atoms. The molecule has 2 aromatic heterocycles. The molecule has 2 aromatic rings. The molecule has 0 radical (unpaired) electrons. The highest BCUT2D eigenvalue weighted by Crippen LogP contribution is 2.23. The number of carbonyl (C=O) groups is 1. The molecule has 0 aliphatic carbocycles. The van der Waals surface area contributed by atoms with Gasteiger partial charge in [0.25, 0.3) is 5.56 Å². The van der Waals surface area contributed by atoms with Crippen molar-refractivity contribution in [3.05, 3.63) is 53.1 Å². The van der Waals surface area contributed by atoms with Gasteiger partial charge in [-0.2, -0.15) is 0 Å². The number of carbonyl (C=O) groups excluding carboxylic acids is 1. The molecule has 154 valence electrons. The predicted molar refractivity (Wildman–Crippen MR) is 113 cm³/mol. The minimum Gasteiger partial charge on any atom is -0.481 e. The summed E-state index contributed by atoms with van der Waals surface area (Å²) in [6.45, 7) is 1.95. The zero-order chi connectivity index (χ0) is 20.6. The second-order valence-corrected chi connectivity index (χ2v) is 6.95. The van der Waals surface area contributed by atoms with Gasteiger partial charge in [-0.25, -0.2) is 4.98 Å². The Morgan fingerprint density at radius 2 is 2.28 bits per heavy atom. The zero-order valence-corrected chi connectivity index (χ0v) is 16.8. The number of likely N-dealkylation sites (tertiary alicyclic amines) is 1. The molecule has 8 heteroatoms. The molecule has 3 N–H and O–H groups in total. The first-order valence-electron chi connectivity index (χ1n) is 9.70. The molecule has 1 aliphatic heterocycles. The number of rotatable bonds is 7. The highest BCUT2D eigenvalue weighted by Gasteiger charge is 2.23. The van der Waals surface area contributed by atoms with E-state index in [9.17, 15) is 9.59 Å². The molecule has 3 rings (SSSR count). The largest absolute Gasteiger partial charge is 0.481 e. The van der Waals surface area contributed by atoms with E-state index in [0.29, 0.717) is 24.7 Å². The Bertz CT molecular complexity index is 925. The fourth-order valence-corrected chi connectivity index (χ4v) is 3.36. The van der Waals surface area contributed by atoms with Crippen molar-refractivity contribution in [3.8, 4) is 17.0 Å². The van der Waals surface area contributed by atoms with Crippen LogP contribution in [0.4, 0.5) is 5.69 Å². The van der Waals surface area contributed by atoms with E-state index in [2.05, 4.69) is 20.6 Å². The molecule has 1 fully saturated rings. The molecule has 8 nitrogen and oxygen atoms in total. The molecule has 1 atom stereocenters. The van der Waals surface area contributed by atoms with E-state index in [4.69, 9.17) is 4.74 Å². The van der Waals surface area contributed by atoms with E-state index in [1.54, 1.807) is 25.6 Å². The summed E-state index contributed by atoms with van der Waals surface area (Å²) in [7, 11) is 3.40. The Labute approximate surface area is 170 Å². The van der Waals surface area contributed by atoms with Crippen LogP contribution in [0.1, 0.15) is 12.8 Å². The van der Waals surface area contributed by atoms with Crippen molar-refractivity contribution in [1.82, 2.24) is 20.2 Å². The summed E-state index contributed by atoms with van der Waals surface area (Å²) in [5.41, 5.74) is 2.05. The first-order valence-corrected chi connectivity index (χ1v) is 9.70. The highest BCUT2D eigenvalue weighted by atomic mass is 16.5. The number of nitrogens with zero attached hydrogens (tertiary/aromatic N) is 2. The Morgan fingerprint density at radius 3 is 3.07 bits per heavy atom. The number of H-pyrrole nitrogens is 1. The van der Waals surface area contributed by atoms with E-state index in [-0.39, 0.29) is 17.5 Å². The van der Waals surface area contributed by atoms with Crippen LogP contribution >= 0.6 is 0 Å². The molecule has 1 saturated heterocycles. The van der Waals surface area contributed by atoms with Crippen LogP contribution in [0.25, 0.3) is 11.1 Å². The van der Waals surface area contributed by atoms with Crippen LogP contribution in [0.15, 0.2) is 47.5 Å². The van der Waals surface area contributed by atoms with Gasteiger partial charge in [0.2, 0.25) is 11.8 Å². The summed E-state index contributed by atoms with van der Waals surface area (Å²) in [6, 6.07) is 5.52. The van der Waals surface area contributed by atoms with Gasteiger partial charge < -0.3 is 25.3 Å². The predicted octanol–water partition coefficient (Wildman–Crippen LogP) is 1.62. The average molecular weight is 397 g/mol. The standard InChI is InChI=1S/C21H27N5O3/c1-22-8-3-6-20(27)26-10-4-5-17(14-26)25-18-11-16(13-24-21(18)28)15-7-9-23-19(12-15)29-2/h3,6-7,9,11-13,17,22,25H,4-5,8,10,14H2,1-2H3,(H,24,28)/b6-3+/t17-/m1/s1. The number of pyridine rings is 2. The van der Waals surface area contributed by atoms with Crippen molar-refractivity contribution in [2.24, 2.45) is 0 Å². The molecule has 0 aromatic carbocycles. The van der Waals surface area contributed by atoms with Crippen molar-refractivity contribution in [2.75, 3.05) is 39.1 Å². The lowest BCUT2D eigenvalue weighted by Gasteiger charge is -2.33. The highest BCUT2D eigenvalue weighted by molar-refractivity contribution is 5.87. The molecule has 0 saturated carbocycles. The monoisotopic (exact) mass is 397 g/mol. The van der Waals surface area contributed by atoms with Crippen molar-refractivity contribution in [2.45, 2.75) is 18.9 Å². The molecule has 0 spiro atoms. The van der Waals surface area contributed by atoms with Crippen molar-refractivity contribution in [1.29, 1.82) is 0 Å². The van der Waals surface area contributed by atoms with Crippen LogP contribution in [0.2, 0.25) is 0 Å². The van der Waals surface area contributed by atoms with Crippen molar-refractivity contribution < 1.29 is 9.53 Å². The Kier molecular flexibility index (Phi) is 7.02. The minimum absolute atomic E-state index is 0.00158. The van der Waals surface area contributed by atoms with Crippen molar-refractivity contribution in [3.63, 3.8) is 0 Å². The molecular formula is C21H27N5O3. The second kappa shape index (κ2) is 9.88. The van der Waals surface area contributed by atoms with Crippen molar-refractivity contribution >= 4 is 11.6 Å². The molecule has 0 unspecified atom stereocenters. The van der Waals surface area contributed by atoms with Crippen LogP contribution in [-0.2, 0) is 4.79 Å². The topological polar surface area (TPSA) is 99.3 Å². The number of amides is 1. The molecular weight excluding hydrogens is 370 g/mol.